The molecule has 0 spiro atoms. The third kappa shape index (κ3) is 4.87. The Balaban J connectivity index is 2.17. The van der Waals surface area contributed by atoms with Crippen LogP contribution in [0.15, 0.2) is 54.6 Å². The maximum Gasteiger partial charge on any atom is 0.277 e. The number of carbonyl (C=O) groups is 1. The zero-order valence-corrected chi connectivity index (χ0v) is 13.8. The van der Waals surface area contributed by atoms with Crippen LogP contribution in [-0.4, -0.2) is 22.4 Å². The summed E-state index contributed by atoms with van der Waals surface area (Å²) in [6.07, 6.45) is 0. The lowest BCUT2D eigenvalue weighted by atomic mass is 10.1. The van der Waals surface area contributed by atoms with Crippen LogP contribution < -0.4 is 10.1 Å². The largest absolute Gasteiger partial charge is 0.489 e. The molecule has 1 N–H and O–H groups in total. The first-order valence-corrected chi connectivity index (χ1v) is 7.38. The van der Waals surface area contributed by atoms with E-state index in [-0.39, 0.29) is 5.56 Å². The SMILES string of the molecule is C=C(C)COc1ccc(NC(=O)c2cc([N+](=O)[O-])cc([N+](=O)[O-])c2)cc1. The van der Waals surface area contributed by atoms with Crippen molar-refractivity contribution >= 4 is 23.0 Å². The second-order valence-electron chi connectivity index (χ2n) is 5.48. The van der Waals surface area contributed by atoms with Crippen molar-refractivity contribution in [1.29, 1.82) is 0 Å². The zero-order valence-electron chi connectivity index (χ0n) is 13.8. The van der Waals surface area contributed by atoms with Crippen molar-refractivity contribution in [2.45, 2.75) is 6.92 Å². The normalized spacial score (nSPS) is 10.0. The summed E-state index contributed by atoms with van der Waals surface area (Å²) in [7, 11) is 0. The molecule has 0 bridgehead atoms. The maximum absolute atomic E-state index is 12.3. The Morgan fingerprint density at radius 2 is 1.62 bits per heavy atom. The minimum absolute atomic E-state index is 0.187. The predicted octanol–water partition coefficient (Wildman–Crippen LogP) is 3.71. The van der Waals surface area contributed by atoms with Gasteiger partial charge in [0, 0.05) is 17.8 Å². The summed E-state index contributed by atoms with van der Waals surface area (Å²) >= 11 is 0. The van der Waals surface area contributed by atoms with Crippen molar-refractivity contribution in [3.63, 3.8) is 0 Å². The van der Waals surface area contributed by atoms with E-state index in [0.717, 1.165) is 23.8 Å². The van der Waals surface area contributed by atoms with Crippen molar-refractivity contribution in [1.82, 2.24) is 0 Å². The average molecular weight is 357 g/mol. The molecule has 9 nitrogen and oxygen atoms in total. The number of nitro groups is 2. The van der Waals surface area contributed by atoms with E-state index in [1.807, 2.05) is 6.92 Å². The van der Waals surface area contributed by atoms with Crippen molar-refractivity contribution in [3.8, 4) is 5.75 Å². The summed E-state index contributed by atoms with van der Waals surface area (Å²) in [6.45, 7) is 5.91. The highest BCUT2D eigenvalue weighted by atomic mass is 16.6. The van der Waals surface area contributed by atoms with Gasteiger partial charge in [-0.25, -0.2) is 0 Å². The predicted molar refractivity (Wildman–Crippen MR) is 94.5 cm³/mol. The lowest BCUT2D eigenvalue weighted by Crippen LogP contribution is -2.12. The fraction of sp³-hybridized carbons (Fsp3) is 0.118. The van der Waals surface area contributed by atoms with Gasteiger partial charge in [-0.2, -0.15) is 0 Å². The van der Waals surface area contributed by atoms with Gasteiger partial charge in [0.15, 0.2) is 0 Å². The van der Waals surface area contributed by atoms with E-state index in [0.29, 0.717) is 18.0 Å². The number of anilines is 1. The maximum atomic E-state index is 12.3. The average Bonchev–Trinajstić information content (AvgIpc) is 2.60. The number of nitrogens with one attached hydrogen (secondary N) is 1. The van der Waals surface area contributed by atoms with Crippen molar-refractivity contribution in [3.05, 3.63) is 80.4 Å². The van der Waals surface area contributed by atoms with Crippen LogP contribution in [0, 0.1) is 20.2 Å². The zero-order chi connectivity index (χ0) is 19.3. The first kappa shape index (κ1) is 18.6. The summed E-state index contributed by atoms with van der Waals surface area (Å²) in [4.78, 5) is 32.5. The van der Waals surface area contributed by atoms with E-state index >= 15 is 0 Å². The van der Waals surface area contributed by atoms with Gasteiger partial charge in [-0.05, 0) is 36.8 Å². The Morgan fingerprint density at radius 3 is 2.08 bits per heavy atom. The van der Waals surface area contributed by atoms with E-state index in [9.17, 15) is 25.0 Å². The number of non-ortho nitro benzene ring substituents is 2. The molecule has 9 heteroatoms. The van der Waals surface area contributed by atoms with E-state index in [1.54, 1.807) is 24.3 Å². The molecule has 0 aliphatic heterocycles. The minimum atomic E-state index is -0.794. The molecule has 2 aromatic carbocycles. The van der Waals surface area contributed by atoms with Crippen molar-refractivity contribution in [2.75, 3.05) is 11.9 Å². The second-order valence-corrected chi connectivity index (χ2v) is 5.48. The molecule has 0 fully saturated rings. The van der Waals surface area contributed by atoms with E-state index in [4.69, 9.17) is 4.74 Å². The number of rotatable bonds is 7. The first-order valence-electron chi connectivity index (χ1n) is 7.38. The Kier molecular flexibility index (Phi) is 5.63. The molecule has 0 saturated heterocycles. The molecule has 0 radical (unpaired) electrons. The molecule has 26 heavy (non-hydrogen) atoms. The molecule has 0 atom stereocenters. The number of ether oxygens (including phenoxy) is 1. The fourth-order valence-corrected chi connectivity index (χ4v) is 1.98. The molecular formula is C17H15N3O6. The van der Waals surface area contributed by atoms with Crippen molar-refractivity contribution < 1.29 is 19.4 Å². The van der Waals surface area contributed by atoms with Crippen LogP contribution in [0.5, 0.6) is 5.75 Å². The standard InChI is InChI=1S/C17H15N3O6/c1-11(2)10-26-16-5-3-13(4-6-16)18-17(21)12-7-14(19(22)23)9-15(8-12)20(24)25/h3-9H,1,10H2,2H3,(H,18,21). The van der Waals surface area contributed by atoms with Gasteiger partial charge in [0.25, 0.3) is 17.3 Å². The summed E-state index contributed by atoms with van der Waals surface area (Å²) in [5.74, 6) is -0.121. The van der Waals surface area contributed by atoms with E-state index in [1.165, 1.54) is 0 Å². The number of hydrogen-bond donors (Lipinski definition) is 1. The molecule has 0 saturated carbocycles. The molecule has 134 valence electrons. The summed E-state index contributed by atoms with van der Waals surface area (Å²) in [5.41, 5.74) is 0.00998. The minimum Gasteiger partial charge on any atom is -0.489 e. The van der Waals surface area contributed by atoms with Crippen molar-refractivity contribution in [2.24, 2.45) is 0 Å². The highest BCUT2D eigenvalue weighted by Crippen LogP contribution is 2.24. The first-order chi connectivity index (χ1) is 12.3. The van der Waals surface area contributed by atoms with Crippen LogP contribution in [0.3, 0.4) is 0 Å². The molecule has 0 aliphatic carbocycles. The Morgan fingerprint density at radius 1 is 1.08 bits per heavy atom. The number of benzene rings is 2. The molecule has 2 aromatic rings. The summed E-state index contributed by atoms with van der Waals surface area (Å²) in [5, 5.41) is 24.3. The number of nitro benzene ring substituents is 2. The number of amides is 1. The van der Waals surface area contributed by atoms with Crippen LogP contribution in [0.1, 0.15) is 17.3 Å². The summed E-state index contributed by atoms with van der Waals surface area (Å²) in [6, 6.07) is 9.18. The molecular weight excluding hydrogens is 342 g/mol. The Hall–Kier alpha value is -3.75. The Bertz CT molecular complexity index is 844. The fourth-order valence-electron chi connectivity index (χ4n) is 1.98. The number of carbonyl (C=O) groups excluding carboxylic acids is 1. The Labute approximate surface area is 148 Å². The summed E-state index contributed by atoms with van der Waals surface area (Å²) < 4.78 is 5.43. The lowest BCUT2D eigenvalue weighted by Gasteiger charge is -2.08. The second kappa shape index (κ2) is 7.88. The molecule has 1 amide bonds. The van der Waals surface area contributed by atoms with Gasteiger partial charge >= 0.3 is 0 Å². The van der Waals surface area contributed by atoms with Crippen LogP contribution in [0.2, 0.25) is 0 Å². The quantitative estimate of drug-likeness (QED) is 0.457. The van der Waals surface area contributed by atoms with Crippen LogP contribution in [0.25, 0.3) is 0 Å². The monoisotopic (exact) mass is 357 g/mol. The van der Waals surface area contributed by atoms with Gasteiger partial charge < -0.3 is 10.1 Å². The third-order valence-corrected chi connectivity index (χ3v) is 3.18. The van der Waals surface area contributed by atoms with Gasteiger partial charge in [-0.3, -0.25) is 25.0 Å². The molecule has 0 heterocycles. The van der Waals surface area contributed by atoms with Gasteiger partial charge in [0.05, 0.1) is 21.5 Å². The van der Waals surface area contributed by atoms with Gasteiger partial charge in [0.1, 0.15) is 12.4 Å². The molecule has 2 rings (SSSR count). The smallest absolute Gasteiger partial charge is 0.277 e. The highest BCUT2D eigenvalue weighted by Gasteiger charge is 2.20. The van der Waals surface area contributed by atoms with Crippen LogP contribution in [0.4, 0.5) is 17.1 Å². The molecule has 0 unspecified atom stereocenters. The van der Waals surface area contributed by atoms with E-state index < -0.39 is 27.1 Å². The number of hydrogen-bond acceptors (Lipinski definition) is 6. The topological polar surface area (TPSA) is 125 Å². The van der Waals surface area contributed by atoms with Crippen LogP contribution in [-0.2, 0) is 0 Å². The lowest BCUT2D eigenvalue weighted by molar-refractivity contribution is -0.394. The van der Waals surface area contributed by atoms with Gasteiger partial charge in [-0.1, -0.05) is 6.58 Å². The van der Waals surface area contributed by atoms with Crippen LogP contribution >= 0.6 is 0 Å². The van der Waals surface area contributed by atoms with E-state index in [2.05, 4.69) is 11.9 Å². The number of nitrogens with zero attached hydrogens (tertiary/aromatic N) is 2. The molecule has 0 aromatic heterocycles. The van der Waals surface area contributed by atoms with Gasteiger partial charge in [0.2, 0.25) is 0 Å². The third-order valence-electron chi connectivity index (χ3n) is 3.18. The molecule has 0 aliphatic rings. The highest BCUT2D eigenvalue weighted by molar-refractivity contribution is 6.05. The van der Waals surface area contributed by atoms with Gasteiger partial charge in [-0.15, -0.1) is 0 Å².